The van der Waals surface area contributed by atoms with Crippen molar-refractivity contribution in [2.45, 2.75) is 39.2 Å². The Kier molecular flexibility index (Phi) is 3.91. The molecule has 1 amide bonds. The lowest BCUT2D eigenvalue weighted by molar-refractivity contribution is -0.146. The molecule has 1 aliphatic rings. The number of carboxylic acids is 1. The molecular weight excluding hydrogens is 208 g/mol. The first-order valence-electron chi connectivity index (χ1n) is 5.59. The number of carbonyl (C=O) groups excluding carboxylic acids is 1. The van der Waals surface area contributed by atoms with Crippen LogP contribution in [0, 0.1) is 11.3 Å². The van der Waals surface area contributed by atoms with Crippen LogP contribution in [-0.2, 0) is 9.59 Å². The fourth-order valence-corrected chi connectivity index (χ4v) is 1.78. The summed E-state index contributed by atoms with van der Waals surface area (Å²) in [5.41, 5.74) is 4.80. The minimum Gasteiger partial charge on any atom is -0.481 e. The smallest absolute Gasteiger partial charge is 0.310 e. The molecule has 0 aliphatic heterocycles. The van der Waals surface area contributed by atoms with Gasteiger partial charge in [-0.15, -0.1) is 0 Å². The molecule has 1 fully saturated rings. The summed E-state index contributed by atoms with van der Waals surface area (Å²) < 4.78 is 0. The zero-order valence-corrected chi connectivity index (χ0v) is 9.82. The number of rotatable bonds is 4. The maximum atomic E-state index is 11.7. The Balaban J connectivity index is 2.38. The Morgan fingerprint density at radius 2 is 2.06 bits per heavy atom. The standard InChI is InChI=1S/C11H20N2O3/c1-11(2,10(15)16)6-13-9(14)7-3-4-8(12)5-7/h7-8H,3-6,12H2,1-2H3,(H,13,14)(H,15,16). The molecule has 4 N–H and O–H groups in total. The number of aliphatic carboxylic acids is 1. The minimum absolute atomic E-state index is 0.0420. The maximum Gasteiger partial charge on any atom is 0.310 e. The van der Waals surface area contributed by atoms with Crippen LogP contribution in [0.3, 0.4) is 0 Å². The van der Waals surface area contributed by atoms with Crippen LogP contribution in [0.4, 0.5) is 0 Å². The Morgan fingerprint density at radius 1 is 1.44 bits per heavy atom. The normalized spacial score (nSPS) is 25.4. The van der Waals surface area contributed by atoms with Crippen LogP contribution in [0.2, 0.25) is 0 Å². The number of amides is 1. The Hall–Kier alpha value is -1.10. The first-order valence-corrected chi connectivity index (χ1v) is 5.59. The lowest BCUT2D eigenvalue weighted by atomic mass is 9.93. The molecule has 0 aromatic carbocycles. The van der Waals surface area contributed by atoms with Gasteiger partial charge in [0.1, 0.15) is 0 Å². The molecule has 0 aromatic heterocycles. The van der Waals surface area contributed by atoms with Crippen molar-refractivity contribution < 1.29 is 14.7 Å². The predicted molar refractivity (Wildman–Crippen MR) is 59.7 cm³/mol. The molecule has 5 heteroatoms. The van der Waals surface area contributed by atoms with Gasteiger partial charge in [0.2, 0.25) is 5.91 Å². The van der Waals surface area contributed by atoms with Crippen LogP contribution in [0.25, 0.3) is 0 Å². The first kappa shape index (κ1) is 13.0. The second-order valence-corrected chi connectivity index (χ2v) is 5.18. The molecule has 1 rings (SSSR count). The van der Waals surface area contributed by atoms with Crippen molar-refractivity contribution in [2.24, 2.45) is 17.1 Å². The Bertz CT molecular complexity index is 289. The van der Waals surface area contributed by atoms with E-state index in [-0.39, 0.29) is 24.4 Å². The monoisotopic (exact) mass is 228 g/mol. The van der Waals surface area contributed by atoms with Gasteiger partial charge in [-0.25, -0.2) is 0 Å². The summed E-state index contributed by atoms with van der Waals surface area (Å²) in [4.78, 5) is 22.5. The summed E-state index contributed by atoms with van der Waals surface area (Å²) in [5, 5.41) is 11.6. The Morgan fingerprint density at radius 3 is 2.50 bits per heavy atom. The molecule has 92 valence electrons. The van der Waals surface area contributed by atoms with Crippen molar-refractivity contribution in [2.75, 3.05) is 6.54 Å². The van der Waals surface area contributed by atoms with Crippen LogP contribution in [-0.4, -0.2) is 29.6 Å². The third-order valence-corrected chi connectivity index (χ3v) is 3.13. The van der Waals surface area contributed by atoms with Gasteiger partial charge in [-0.05, 0) is 33.1 Å². The second-order valence-electron chi connectivity index (χ2n) is 5.18. The average molecular weight is 228 g/mol. The maximum absolute atomic E-state index is 11.7. The van der Waals surface area contributed by atoms with Crippen LogP contribution in [0.15, 0.2) is 0 Å². The summed E-state index contributed by atoms with van der Waals surface area (Å²) >= 11 is 0. The highest BCUT2D eigenvalue weighted by Gasteiger charge is 2.31. The molecule has 0 aromatic rings. The molecule has 0 saturated heterocycles. The van der Waals surface area contributed by atoms with Crippen molar-refractivity contribution >= 4 is 11.9 Å². The van der Waals surface area contributed by atoms with E-state index in [1.165, 1.54) is 0 Å². The van der Waals surface area contributed by atoms with Crippen molar-refractivity contribution in [1.82, 2.24) is 5.32 Å². The van der Waals surface area contributed by atoms with Gasteiger partial charge in [0.05, 0.1) is 5.41 Å². The fourth-order valence-electron chi connectivity index (χ4n) is 1.78. The largest absolute Gasteiger partial charge is 0.481 e. The van der Waals surface area contributed by atoms with Crippen molar-refractivity contribution in [3.63, 3.8) is 0 Å². The molecule has 5 nitrogen and oxygen atoms in total. The predicted octanol–water partition coefficient (Wildman–Crippen LogP) is 0.341. The van der Waals surface area contributed by atoms with Gasteiger partial charge in [0, 0.05) is 18.5 Å². The number of carbonyl (C=O) groups is 2. The molecule has 0 heterocycles. The highest BCUT2D eigenvalue weighted by atomic mass is 16.4. The molecule has 16 heavy (non-hydrogen) atoms. The average Bonchev–Trinajstić information content (AvgIpc) is 2.61. The van der Waals surface area contributed by atoms with Gasteiger partial charge in [-0.2, -0.15) is 0 Å². The van der Waals surface area contributed by atoms with Crippen LogP contribution < -0.4 is 11.1 Å². The number of nitrogens with one attached hydrogen (secondary N) is 1. The molecule has 0 bridgehead atoms. The van der Waals surface area contributed by atoms with Gasteiger partial charge in [-0.1, -0.05) is 0 Å². The first-order chi connectivity index (χ1) is 7.33. The second kappa shape index (κ2) is 4.82. The molecule has 1 aliphatic carbocycles. The van der Waals surface area contributed by atoms with E-state index in [9.17, 15) is 9.59 Å². The summed E-state index contributed by atoms with van der Waals surface area (Å²) in [6.45, 7) is 3.35. The topological polar surface area (TPSA) is 92.4 Å². The zero-order valence-electron chi connectivity index (χ0n) is 9.82. The van der Waals surface area contributed by atoms with Crippen LogP contribution in [0.1, 0.15) is 33.1 Å². The quantitative estimate of drug-likeness (QED) is 0.647. The van der Waals surface area contributed by atoms with E-state index in [2.05, 4.69) is 5.32 Å². The lowest BCUT2D eigenvalue weighted by Gasteiger charge is -2.20. The van der Waals surface area contributed by atoms with Crippen LogP contribution in [0.5, 0.6) is 0 Å². The summed E-state index contributed by atoms with van der Waals surface area (Å²) in [6.07, 6.45) is 2.39. The van der Waals surface area contributed by atoms with Gasteiger partial charge in [0.15, 0.2) is 0 Å². The van der Waals surface area contributed by atoms with Crippen molar-refractivity contribution in [3.05, 3.63) is 0 Å². The van der Waals surface area contributed by atoms with Crippen LogP contribution >= 0.6 is 0 Å². The molecule has 0 radical (unpaired) electrons. The number of hydrogen-bond donors (Lipinski definition) is 3. The summed E-state index contributed by atoms with van der Waals surface area (Å²) in [5.74, 6) is -1.02. The van der Waals surface area contributed by atoms with E-state index < -0.39 is 11.4 Å². The molecule has 1 saturated carbocycles. The third-order valence-electron chi connectivity index (χ3n) is 3.13. The zero-order chi connectivity index (χ0) is 12.3. The van der Waals surface area contributed by atoms with E-state index in [1.54, 1.807) is 13.8 Å². The molecular formula is C11H20N2O3. The molecule has 2 unspecified atom stereocenters. The lowest BCUT2D eigenvalue weighted by Crippen LogP contribution is -2.41. The highest BCUT2D eigenvalue weighted by molar-refractivity contribution is 5.80. The van der Waals surface area contributed by atoms with E-state index in [1.807, 2.05) is 0 Å². The third kappa shape index (κ3) is 3.20. The highest BCUT2D eigenvalue weighted by Crippen LogP contribution is 2.24. The minimum atomic E-state index is -0.920. The fraction of sp³-hybridized carbons (Fsp3) is 0.818. The number of hydrogen-bond acceptors (Lipinski definition) is 3. The molecule has 2 atom stereocenters. The van der Waals surface area contributed by atoms with E-state index in [0.29, 0.717) is 6.42 Å². The van der Waals surface area contributed by atoms with Gasteiger partial charge in [0.25, 0.3) is 0 Å². The summed E-state index contributed by atoms with van der Waals surface area (Å²) in [7, 11) is 0. The Labute approximate surface area is 95.4 Å². The van der Waals surface area contributed by atoms with Gasteiger partial charge in [-0.3, -0.25) is 9.59 Å². The van der Waals surface area contributed by atoms with E-state index >= 15 is 0 Å². The summed E-state index contributed by atoms with van der Waals surface area (Å²) in [6, 6.07) is 0.114. The van der Waals surface area contributed by atoms with E-state index in [0.717, 1.165) is 12.8 Å². The molecule has 0 spiro atoms. The van der Waals surface area contributed by atoms with Crippen molar-refractivity contribution in [3.8, 4) is 0 Å². The van der Waals surface area contributed by atoms with Gasteiger partial charge < -0.3 is 16.2 Å². The SMILES string of the molecule is CC(C)(CNC(=O)C1CCC(N)C1)C(=O)O. The number of carboxylic acid groups (broad SMARTS) is 1. The van der Waals surface area contributed by atoms with E-state index in [4.69, 9.17) is 10.8 Å². The van der Waals surface area contributed by atoms with Crippen molar-refractivity contribution in [1.29, 1.82) is 0 Å². The number of nitrogens with two attached hydrogens (primary N) is 1. The van der Waals surface area contributed by atoms with Gasteiger partial charge >= 0.3 is 5.97 Å².